The molecule has 1 saturated carbocycles. The van der Waals surface area contributed by atoms with Crippen LogP contribution in [0.4, 0.5) is 0 Å². The van der Waals surface area contributed by atoms with E-state index in [1.165, 1.54) is 5.56 Å². The normalized spacial score (nSPS) is 25.9. The van der Waals surface area contributed by atoms with Gasteiger partial charge in [0, 0.05) is 6.04 Å². The fourth-order valence-electron chi connectivity index (χ4n) is 1.95. The van der Waals surface area contributed by atoms with E-state index in [-0.39, 0.29) is 0 Å². The Bertz CT molecular complexity index is 332. The van der Waals surface area contributed by atoms with Gasteiger partial charge < -0.3 is 5.73 Å². The van der Waals surface area contributed by atoms with Gasteiger partial charge in [0.2, 0.25) is 0 Å². The Morgan fingerprint density at radius 3 is 2.50 bits per heavy atom. The molecule has 2 rings (SSSR count). The van der Waals surface area contributed by atoms with Gasteiger partial charge in [-0.25, -0.2) is 0 Å². The van der Waals surface area contributed by atoms with Crippen molar-refractivity contribution >= 4 is 23.2 Å². The molecule has 0 unspecified atom stereocenters. The highest BCUT2D eigenvalue weighted by molar-refractivity contribution is 6.42. The van der Waals surface area contributed by atoms with Crippen LogP contribution in [-0.4, -0.2) is 6.04 Å². The fourth-order valence-corrected chi connectivity index (χ4v) is 2.27. The van der Waals surface area contributed by atoms with E-state index in [2.05, 4.69) is 0 Å². The molecular weight excluding hydrogens is 217 g/mol. The van der Waals surface area contributed by atoms with Crippen molar-refractivity contribution in [1.82, 2.24) is 0 Å². The SMILES string of the molecule is NC1CC(Cc2ccc(Cl)c(Cl)c2)C1. The van der Waals surface area contributed by atoms with Gasteiger partial charge in [-0.15, -0.1) is 0 Å². The van der Waals surface area contributed by atoms with Crippen LogP contribution in [0.5, 0.6) is 0 Å². The van der Waals surface area contributed by atoms with Crippen molar-refractivity contribution in [3.63, 3.8) is 0 Å². The minimum atomic E-state index is 0.419. The second kappa shape index (κ2) is 4.09. The Morgan fingerprint density at radius 2 is 1.93 bits per heavy atom. The summed E-state index contributed by atoms with van der Waals surface area (Å²) in [5, 5.41) is 1.27. The lowest BCUT2D eigenvalue weighted by Gasteiger charge is -2.32. The largest absolute Gasteiger partial charge is 0.328 e. The lowest BCUT2D eigenvalue weighted by molar-refractivity contribution is 0.264. The van der Waals surface area contributed by atoms with Crippen LogP contribution >= 0.6 is 23.2 Å². The van der Waals surface area contributed by atoms with E-state index in [0.29, 0.717) is 16.1 Å². The molecule has 0 bridgehead atoms. The van der Waals surface area contributed by atoms with Crippen molar-refractivity contribution in [2.45, 2.75) is 25.3 Å². The molecule has 0 spiro atoms. The first-order valence-electron chi connectivity index (χ1n) is 4.84. The third kappa shape index (κ3) is 2.22. The predicted octanol–water partition coefficient (Wildman–Crippen LogP) is 3.27. The number of hydrogen-bond acceptors (Lipinski definition) is 1. The molecule has 1 aromatic carbocycles. The minimum Gasteiger partial charge on any atom is -0.328 e. The molecular formula is C11H13Cl2N. The van der Waals surface area contributed by atoms with Gasteiger partial charge in [0.25, 0.3) is 0 Å². The van der Waals surface area contributed by atoms with Crippen molar-refractivity contribution in [3.8, 4) is 0 Å². The molecule has 1 aromatic rings. The summed E-state index contributed by atoms with van der Waals surface area (Å²) in [6, 6.07) is 6.27. The van der Waals surface area contributed by atoms with Crippen molar-refractivity contribution < 1.29 is 0 Å². The van der Waals surface area contributed by atoms with Crippen LogP contribution in [0.1, 0.15) is 18.4 Å². The molecule has 3 heteroatoms. The molecule has 14 heavy (non-hydrogen) atoms. The van der Waals surface area contributed by atoms with Crippen LogP contribution in [-0.2, 0) is 6.42 Å². The van der Waals surface area contributed by atoms with Crippen LogP contribution < -0.4 is 5.73 Å². The van der Waals surface area contributed by atoms with Gasteiger partial charge in [0.15, 0.2) is 0 Å². The molecule has 1 aliphatic rings. The Hall–Kier alpha value is -0.240. The van der Waals surface area contributed by atoms with Gasteiger partial charge in [-0.2, -0.15) is 0 Å². The van der Waals surface area contributed by atoms with Gasteiger partial charge in [-0.3, -0.25) is 0 Å². The standard InChI is InChI=1S/C11H13Cl2N/c12-10-2-1-7(6-11(10)13)3-8-4-9(14)5-8/h1-2,6,8-9H,3-5,14H2. The molecule has 1 nitrogen and oxygen atoms in total. The highest BCUT2D eigenvalue weighted by Crippen LogP contribution is 2.31. The summed E-state index contributed by atoms with van der Waals surface area (Å²) in [6.45, 7) is 0. The Balaban J connectivity index is 2.00. The second-order valence-electron chi connectivity index (χ2n) is 4.05. The third-order valence-electron chi connectivity index (χ3n) is 2.78. The first kappa shape index (κ1) is 10.3. The maximum Gasteiger partial charge on any atom is 0.0595 e. The highest BCUT2D eigenvalue weighted by Gasteiger charge is 2.25. The predicted molar refractivity (Wildman–Crippen MR) is 60.9 cm³/mol. The van der Waals surface area contributed by atoms with Crippen LogP contribution in [0, 0.1) is 5.92 Å². The molecule has 76 valence electrons. The molecule has 0 aliphatic heterocycles. The van der Waals surface area contributed by atoms with Crippen LogP contribution in [0.3, 0.4) is 0 Å². The maximum atomic E-state index is 5.93. The molecule has 0 heterocycles. The number of rotatable bonds is 2. The van der Waals surface area contributed by atoms with E-state index < -0.39 is 0 Å². The first-order valence-corrected chi connectivity index (χ1v) is 5.60. The number of hydrogen-bond donors (Lipinski definition) is 1. The van der Waals surface area contributed by atoms with Gasteiger partial charge in [-0.05, 0) is 42.9 Å². The Labute approximate surface area is 94.2 Å². The van der Waals surface area contributed by atoms with Gasteiger partial charge in [0.1, 0.15) is 0 Å². The highest BCUT2D eigenvalue weighted by atomic mass is 35.5. The average molecular weight is 230 g/mol. The molecule has 0 amide bonds. The van der Waals surface area contributed by atoms with Crippen LogP contribution in [0.2, 0.25) is 10.0 Å². The van der Waals surface area contributed by atoms with E-state index >= 15 is 0 Å². The zero-order chi connectivity index (χ0) is 10.1. The lowest BCUT2D eigenvalue weighted by Crippen LogP contribution is -2.37. The van der Waals surface area contributed by atoms with Crippen LogP contribution in [0.25, 0.3) is 0 Å². The quantitative estimate of drug-likeness (QED) is 0.828. The zero-order valence-electron chi connectivity index (χ0n) is 7.84. The van der Waals surface area contributed by atoms with Gasteiger partial charge >= 0.3 is 0 Å². The monoisotopic (exact) mass is 229 g/mol. The summed E-state index contributed by atoms with van der Waals surface area (Å²) < 4.78 is 0. The zero-order valence-corrected chi connectivity index (χ0v) is 9.35. The molecule has 0 atom stereocenters. The van der Waals surface area contributed by atoms with Crippen molar-refractivity contribution in [1.29, 1.82) is 0 Å². The lowest BCUT2D eigenvalue weighted by atomic mass is 9.77. The van der Waals surface area contributed by atoms with E-state index in [9.17, 15) is 0 Å². The summed E-state index contributed by atoms with van der Waals surface area (Å²) >= 11 is 11.8. The number of benzene rings is 1. The van der Waals surface area contributed by atoms with E-state index in [4.69, 9.17) is 28.9 Å². The van der Waals surface area contributed by atoms with Crippen molar-refractivity contribution in [2.24, 2.45) is 11.7 Å². The Morgan fingerprint density at radius 1 is 1.21 bits per heavy atom. The molecule has 2 N–H and O–H groups in total. The summed E-state index contributed by atoms with van der Waals surface area (Å²) in [5.41, 5.74) is 6.99. The Kier molecular flexibility index (Phi) is 3.01. The summed E-state index contributed by atoms with van der Waals surface area (Å²) in [7, 11) is 0. The molecule has 0 radical (unpaired) electrons. The smallest absolute Gasteiger partial charge is 0.0595 e. The number of halogens is 2. The first-order chi connectivity index (χ1) is 6.65. The van der Waals surface area contributed by atoms with Crippen molar-refractivity contribution in [2.75, 3.05) is 0 Å². The molecule has 0 aromatic heterocycles. The fraction of sp³-hybridized carbons (Fsp3) is 0.455. The minimum absolute atomic E-state index is 0.419. The maximum absolute atomic E-state index is 5.93. The van der Waals surface area contributed by atoms with E-state index in [1.54, 1.807) is 0 Å². The molecule has 1 fully saturated rings. The molecule has 0 saturated heterocycles. The summed E-state index contributed by atoms with van der Waals surface area (Å²) in [6.07, 6.45) is 3.35. The van der Waals surface area contributed by atoms with Crippen LogP contribution in [0.15, 0.2) is 18.2 Å². The summed E-state index contributed by atoms with van der Waals surface area (Å²) in [4.78, 5) is 0. The average Bonchev–Trinajstić information content (AvgIpc) is 2.09. The summed E-state index contributed by atoms with van der Waals surface area (Å²) in [5.74, 6) is 0.738. The van der Waals surface area contributed by atoms with E-state index in [0.717, 1.165) is 25.2 Å². The van der Waals surface area contributed by atoms with E-state index in [1.807, 2.05) is 18.2 Å². The third-order valence-corrected chi connectivity index (χ3v) is 3.52. The topological polar surface area (TPSA) is 26.0 Å². The molecule has 1 aliphatic carbocycles. The van der Waals surface area contributed by atoms with Crippen molar-refractivity contribution in [3.05, 3.63) is 33.8 Å². The number of nitrogens with two attached hydrogens (primary N) is 1. The van der Waals surface area contributed by atoms with Gasteiger partial charge in [-0.1, -0.05) is 29.3 Å². The second-order valence-corrected chi connectivity index (χ2v) is 4.86. The van der Waals surface area contributed by atoms with Gasteiger partial charge in [0.05, 0.1) is 10.0 Å².